The number of hydroxylamine groups is 1. The fourth-order valence-electron chi connectivity index (χ4n) is 6.90. The monoisotopic (exact) mass is 717 g/mol. The van der Waals surface area contributed by atoms with Crippen molar-refractivity contribution in [2.75, 3.05) is 62.4 Å². The van der Waals surface area contributed by atoms with Crippen molar-refractivity contribution in [2.45, 2.75) is 50.7 Å². The first-order valence-corrected chi connectivity index (χ1v) is 17.5. The summed E-state index contributed by atoms with van der Waals surface area (Å²) in [5.41, 5.74) is 6.15. The molecule has 0 radical (unpaired) electrons. The number of rotatable bonds is 17. The van der Waals surface area contributed by atoms with Crippen molar-refractivity contribution in [3.8, 4) is 57.1 Å². The second-order valence-corrected chi connectivity index (χ2v) is 12.4. The Morgan fingerprint density at radius 1 is 0.750 bits per heavy atom. The zero-order chi connectivity index (χ0) is 36.6. The highest BCUT2D eigenvalue weighted by Crippen LogP contribution is 2.54. The van der Waals surface area contributed by atoms with Gasteiger partial charge in [0.25, 0.3) is 5.91 Å². The number of methoxy groups -OCH3 is 6. The van der Waals surface area contributed by atoms with Gasteiger partial charge in [0.15, 0.2) is 34.5 Å². The van der Waals surface area contributed by atoms with Gasteiger partial charge in [0.1, 0.15) is 6.10 Å². The minimum absolute atomic E-state index is 0.0116. The average Bonchev–Trinajstić information content (AvgIpc) is 3.87. The van der Waals surface area contributed by atoms with Crippen LogP contribution in [0.2, 0.25) is 0 Å². The molecular weight excluding hydrogens is 670 g/mol. The summed E-state index contributed by atoms with van der Waals surface area (Å²) in [5.74, 6) is 3.99. The third kappa shape index (κ3) is 7.22. The second kappa shape index (κ2) is 16.8. The Hall–Kier alpha value is -5.30. The predicted molar refractivity (Wildman–Crippen MR) is 195 cm³/mol. The lowest BCUT2D eigenvalue weighted by Crippen LogP contribution is -2.35. The number of nitrogens with zero attached hydrogens (tertiary/aromatic N) is 2. The van der Waals surface area contributed by atoms with Gasteiger partial charge in [0.05, 0.1) is 73.2 Å². The van der Waals surface area contributed by atoms with E-state index in [0.717, 1.165) is 50.6 Å². The van der Waals surface area contributed by atoms with Crippen molar-refractivity contribution in [2.24, 2.45) is 4.99 Å². The van der Waals surface area contributed by atoms with Gasteiger partial charge in [0, 0.05) is 41.7 Å². The molecule has 0 aromatic heterocycles. The molecule has 1 N–H and O–H groups in total. The minimum atomic E-state index is -0.439. The number of amides is 1. The number of nitrogens with one attached hydrogen (secondary N) is 1. The molecule has 0 spiro atoms. The smallest absolute Gasteiger partial charge is 0.256 e. The molecule has 2 atom stereocenters. The first-order valence-electron chi connectivity index (χ1n) is 17.5. The lowest BCUT2D eigenvalue weighted by atomic mass is 9.92. The van der Waals surface area contributed by atoms with Crippen molar-refractivity contribution in [3.05, 3.63) is 53.7 Å². The third-order valence-corrected chi connectivity index (χ3v) is 9.47. The van der Waals surface area contributed by atoms with E-state index in [-0.39, 0.29) is 11.9 Å². The highest BCUT2D eigenvalue weighted by molar-refractivity contribution is 6.03. The molecule has 52 heavy (non-hydrogen) atoms. The van der Waals surface area contributed by atoms with Gasteiger partial charge < -0.3 is 42.8 Å². The lowest BCUT2D eigenvalue weighted by molar-refractivity contribution is 0.0470. The van der Waals surface area contributed by atoms with Crippen LogP contribution >= 0.6 is 0 Å². The first kappa shape index (κ1) is 36.5. The molecule has 1 amide bonds. The molecule has 1 unspecified atom stereocenters. The fourth-order valence-corrected chi connectivity index (χ4v) is 6.90. The molecule has 3 aromatic rings. The summed E-state index contributed by atoms with van der Waals surface area (Å²) in [6.45, 7) is 1.67. The molecule has 3 aliphatic rings. The van der Waals surface area contributed by atoms with Crippen LogP contribution in [0.15, 0.2) is 47.6 Å². The summed E-state index contributed by atoms with van der Waals surface area (Å²) < 4.78 is 47.1. The zero-order valence-electron chi connectivity index (χ0n) is 30.6. The number of benzene rings is 3. The van der Waals surface area contributed by atoms with Crippen molar-refractivity contribution in [1.82, 2.24) is 10.4 Å². The van der Waals surface area contributed by atoms with E-state index in [0.29, 0.717) is 81.6 Å². The number of fused-ring (bicyclic) bond motifs is 2. The van der Waals surface area contributed by atoms with Gasteiger partial charge in [0.2, 0.25) is 11.5 Å². The highest BCUT2D eigenvalue weighted by atomic mass is 16.7. The largest absolute Gasteiger partial charge is 0.493 e. The van der Waals surface area contributed by atoms with Crippen LogP contribution in [0.25, 0.3) is 11.1 Å². The Kier molecular flexibility index (Phi) is 11.8. The van der Waals surface area contributed by atoms with Crippen LogP contribution in [0.5, 0.6) is 46.0 Å². The minimum Gasteiger partial charge on any atom is -0.493 e. The number of ether oxygens (including phenoxy) is 8. The van der Waals surface area contributed by atoms with Gasteiger partial charge in [-0.05, 0) is 68.9 Å². The third-order valence-electron chi connectivity index (χ3n) is 9.47. The van der Waals surface area contributed by atoms with E-state index in [4.69, 9.17) is 42.7 Å². The molecule has 3 heterocycles. The lowest BCUT2D eigenvalue weighted by Gasteiger charge is -2.24. The summed E-state index contributed by atoms with van der Waals surface area (Å²) in [7, 11) is 9.49. The Bertz CT molecular complexity index is 1810. The number of carbonyl (C=O) groups is 1. The highest BCUT2D eigenvalue weighted by Gasteiger charge is 2.33. The van der Waals surface area contributed by atoms with E-state index in [2.05, 4.69) is 10.5 Å². The fraction of sp³-hybridized carbons (Fsp3) is 0.436. The second-order valence-electron chi connectivity index (χ2n) is 12.4. The van der Waals surface area contributed by atoms with E-state index >= 15 is 0 Å². The van der Waals surface area contributed by atoms with Gasteiger partial charge in [-0.2, -0.15) is 0 Å². The van der Waals surface area contributed by atoms with Crippen LogP contribution in [0.4, 0.5) is 5.69 Å². The molecule has 1 fully saturated rings. The first-order chi connectivity index (χ1) is 25.5. The summed E-state index contributed by atoms with van der Waals surface area (Å²) in [4.78, 5) is 25.5. The molecule has 0 bridgehead atoms. The number of unbranched alkanes of at least 4 members (excludes halogenated alkanes) is 3. The van der Waals surface area contributed by atoms with Crippen LogP contribution in [0, 0.1) is 0 Å². The normalized spacial score (nSPS) is 17.2. The maximum absolute atomic E-state index is 13.2. The summed E-state index contributed by atoms with van der Waals surface area (Å²) >= 11 is 0. The van der Waals surface area contributed by atoms with Gasteiger partial charge >= 0.3 is 0 Å². The van der Waals surface area contributed by atoms with Gasteiger partial charge in [-0.15, -0.1) is 0 Å². The van der Waals surface area contributed by atoms with Crippen LogP contribution in [0.3, 0.4) is 0 Å². The number of hydrogen-bond acceptors (Lipinski definition) is 12. The molecule has 3 aromatic carbocycles. The van der Waals surface area contributed by atoms with Gasteiger partial charge in [-0.3, -0.25) is 20.1 Å². The Morgan fingerprint density at radius 3 is 2.15 bits per heavy atom. The summed E-state index contributed by atoms with van der Waals surface area (Å²) in [6.07, 6.45) is 10.4. The molecule has 0 aliphatic carbocycles. The van der Waals surface area contributed by atoms with E-state index in [1.807, 2.05) is 41.5 Å². The standard InChI is InChI=1S/C39H47N3O10/c1-44-30-14-13-25(35(47-4)36(30)48-5)34-27(29-15-16-41-52-29)21-33(46-3)37(38(34)49-6)51-19-10-8-7-9-18-50-32-22-28-26(20-31(32)45-2)39(43)42-17-11-12-24(42)23-40-28/h13-16,20-24,29,41H,7-12,17-19H2,1-6H3/t24-,29?/m0/s1. The molecular formula is C39H47N3O10. The summed E-state index contributed by atoms with van der Waals surface area (Å²) in [6, 6.07) is 9.20. The molecule has 13 heteroatoms. The van der Waals surface area contributed by atoms with E-state index in [1.54, 1.807) is 54.9 Å². The van der Waals surface area contributed by atoms with Gasteiger partial charge in [-0.25, -0.2) is 0 Å². The average molecular weight is 718 g/mol. The molecule has 13 nitrogen and oxygen atoms in total. The molecule has 1 saturated heterocycles. The van der Waals surface area contributed by atoms with Crippen molar-refractivity contribution in [1.29, 1.82) is 0 Å². The van der Waals surface area contributed by atoms with E-state index in [1.165, 1.54) is 0 Å². The Labute approximate surface area is 304 Å². The van der Waals surface area contributed by atoms with Crippen molar-refractivity contribution in [3.63, 3.8) is 0 Å². The van der Waals surface area contributed by atoms with Crippen molar-refractivity contribution < 1.29 is 47.5 Å². The van der Waals surface area contributed by atoms with Crippen molar-refractivity contribution >= 4 is 17.8 Å². The van der Waals surface area contributed by atoms with Crippen LogP contribution in [-0.4, -0.2) is 85.5 Å². The Balaban J connectivity index is 1.12. The predicted octanol–water partition coefficient (Wildman–Crippen LogP) is 6.83. The SMILES string of the molecule is COc1cc2c(cc1OCCCCCCOc1c(OC)cc(C3C=CNO3)c(-c3ccc(OC)c(OC)c3OC)c1OC)N=C[C@@H]1CCCN1C2=O. The topological polar surface area (TPSA) is 128 Å². The molecule has 0 saturated carbocycles. The molecule has 278 valence electrons. The van der Waals surface area contributed by atoms with Crippen LogP contribution < -0.4 is 43.4 Å². The molecule has 6 rings (SSSR count). The maximum Gasteiger partial charge on any atom is 0.256 e. The van der Waals surface area contributed by atoms with E-state index < -0.39 is 6.10 Å². The summed E-state index contributed by atoms with van der Waals surface area (Å²) in [5, 5.41) is 0. The number of hydrogen-bond donors (Lipinski definition) is 1. The van der Waals surface area contributed by atoms with Crippen LogP contribution in [0.1, 0.15) is 60.6 Å². The molecule has 3 aliphatic heterocycles. The number of carbonyl (C=O) groups excluding carboxylic acids is 1. The van der Waals surface area contributed by atoms with Crippen LogP contribution in [-0.2, 0) is 4.84 Å². The maximum atomic E-state index is 13.2. The van der Waals surface area contributed by atoms with Gasteiger partial charge in [-0.1, -0.05) is 0 Å². The van der Waals surface area contributed by atoms with E-state index in [9.17, 15) is 4.79 Å². The Morgan fingerprint density at radius 2 is 1.48 bits per heavy atom. The quantitative estimate of drug-likeness (QED) is 0.148. The zero-order valence-corrected chi connectivity index (χ0v) is 30.6. The number of aliphatic imine (C=N–C) groups is 1.